The van der Waals surface area contributed by atoms with E-state index in [2.05, 4.69) is 33.9 Å². The van der Waals surface area contributed by atoms with Gasteiger partial charge in [-0.05, 0) is 50.6 Å². The molecule has 2 heterocycles. The molecule has 2 aromatic carbocycles. The number of thiazole rings is 1. The highest BCUT2D eigenvalue weighted by molar-refractivity contribution is 7.17. The zero-order valence-electron chi connectivity index (χ0n) is 22.7. The number of nitrogens with one attached hydrogen (secondary N) is 1. The number of halogens is 3. The van der Waals surface area contributed by atoms with Crippen molar-refractivity contribution in [3.05, 3.63) is 70.2 Å². The van der Waals surface area contributed by atoms with Gasteiger partial charge < -0.3 is 15.0 Å². The molecule has 3 aromatic rings. The smallest absolute Gasteiger partial charge is 0.378 e. The van der Waals surface area contributed by atoms with Gasteiger partial charge in [0.15, 0.2) is 5.69 Å². The Labute approximate surface area is 231 Å². The molecule has 0 unspecified atom stereocenters. The monoisotopic (exact) mass is 560 g/mol. The van der Waals surface area contributed by atoms with Gasteiger partial charge in [0, 0.05) is 36.9 Å². The van der Waals surface area contributed by atoms with Crippen molar-refractivity contribution in [2.75, 3.05) is 37.7 Å². The molecular formula is C29H35F3N4O2S. The fraction of sp³-hybridized carbons (Fsp3) is 0.448. The molecule has 0 spiro atoms. The molecular weight excluding hydrogens is 525 g/mol. The Morgan fingerprint density at radius 1 is 1.13 bits per heavy atom. The Hall–Kier alpha value is -2.95. The number of carbonyl (C=O) groups is 1. The van der Waals surface area contributed by atoms with E-state index < -0.39 is 28.7 Å². The van der Waals surface area contributed by atoms with Crippen LogP contribution in [0, 0.1) is 0 Å². The summed E-state index contributed by atoms with van der Waals surface area (Å²) in [5.41, 5.74) is 2.13. The van der Waals surface area contributed by atoms with Crippen LogP contribution in [0.25, 0.3) is 10.6 Å². The van der Waals surface area contributed by atoms with Crippen molar-refractivity contribution < 1.29 is 22.7 Å². The molecule has 1 atom stereocenters. The van der Waals surface area contributed by atoms with Crippen molar-refractivity contribution in [3.8, 4) is 10.6 Å². The Morgan fingerprint density at radius 3 is 2.51 bits per heavy atom. The highest BCUT2D eigenvalue weighted by Gasteiger charge is 2.40. The van der Waals surface area contributed by atoms with Gasteiger partial charge in [-0.25, -0.2) is 4.98 Å². The number of anilines is 1. The van der Waals surface area contributed by atoms with Gasteiger partial charge in [0.25, 0.3) is 5.91 Å². The average Bonchev–Trinajstić information content (AvgIpc) is 3.39. The summed E-state index contributed by atoms with van der Waals surface area (Å²) in [6.45, 7) is 12.2. The van der Waals surface area contributed by atoms with Gasteiger partial charge in [-0.3, -0.25) is 9.69 Å². The number of hydrogen-bond acceptors (Lipinski definition) is 6. The zero-order valence-corrected chi connectivity index (χ0v) is 23.5. The summed E-state index contributed by atoms with van der Waals surface area (Å²) in [7, 11) is 0. The van der Waals surface area contributed by atoms with Crippen molar-refractivity contribution in [3.63, 3.8) is 0 Å². The third-order valence-corrected chi connectivity index (χ3v) is 8.04. The first-order valence-corrected chi connectivity index (χ1v) is 14.0. The number of morpholine rings is 1. The number of benzene rings is 2. The molecule has 0 radical (unpaired) electrons. The van der Waals surface area contributed by atoms with Gasteiger partial charge in [-0.2, -0.15) is 13.2 Å². The Bertz CT molecular complexity index is 1270. The summed E-state index contributed by atoms with van der Waals surface area (Å²) >= 11 is 0.784. The molecule has 0 saturated carbocycles. The molecule has 10 heteroatoms. The second-order valence-corrected chi connectivity index (χ2v) is 10.9. The maximum absolute atomic E-state index is 14.1. The van der Waals surface area contributed by atoms with Gasteiger partial charge in [-0.1, -0.05) is 43.3 Å². The normalized spacial score (nSPS) is 15.2. The van der Waals surface area contributed by atoms with Gasteiger partial charge in [-0.15, -0.1) is 11.3 Å². The quantitative estimate of drug-likeness (QED) is 0.329. The van der Waals surface area contributed by atoms with Crippen LogP contribution in [0.15, 0.2) is 48.5 Å². The van der Waals surface area contributed by atoms with E-state index >= 15 is 0 Å². The van der Waals surface area contributed by atoms with E-state index in [1.165, 1.54) is 0 Å². The first-order chi connectivity index (χ1) is 18.6. The summed E-state index contributed by atoms with van der Waals surface area (Å²) < 4.78 is 47.6. The fourth-order valence-corrected chi connectivity index (χ4v) is 5.73. The summed E-state index contributed by atoms with van der Waals surface area (Å²) in [6, 6.07) is 14.8. The first-order valence-electron chi connectivity index (χ1n) is 13.2. The van der Waals surface area contributed by atoms with Crippen molar-refractivity contribution in [1.29, 1.82) is 0 Å². The number of rotatable bonds is 9. The summed E-state index contributed by atoms with van der Waals surface area (Å²) in [6.07, 6.45) is -4.76. The minimum atomic E-state index is -4.76. The molecule has 6 nitrogen and oxygen atoms in total. The number of nitrogens with zero attached hydrogens (tertiary/aromatic N) is 3. The lowest BCUT2D eigenvalue weighted by atomic mass is 10.1. The van der Waals surface area contributed by atoms with Crippen molar-refractivity contribution in [1.82, 2.24) is 15.2 Å². The van der Waals surface area contributed by atoms with E-state index in [1.807, 2.05) is 43.3 Å². The molecule has 1 fully saturated rings. The predicted molar refractivity (Wildman–Crippen MR) is 149 cm³/mol. The second-order valence-electron chi connectivity index (χ2n) is 9.90. The summed E-state index contributed by atoms with van der Waals surface area (Å²) in [5.74, 6) is -0.787. The number of aromatic nitrogens is 1. The second kappa shape index (κ2) is 12.5. The van der Waals surface area contributed by atoms with Gasteiger partial charge in [0.1, 0.15) is 9.88 Å². The number of hydrogen-bond donors (Lipinski definition) is 1. The highest BCUT2D eigenvalue weighted by Crippen LogP contribution is 2.39. The van der Waals surface area contributed by atoms with Gasteiger partial charge in [0.05, 0.1) is 19.3 Å². The van der Waals surface area contributed by atoms with Crippen LogP contribution in [-0.4, -0.2) is 54.7 Å². The lowest BCUT2D eigenvalue weighted by Crippen LogP contribution is -2.36. The molecule has 1 aliphatic heterocycles. The zero-order chi connectivity index (χ0) is 28.2. The first kappa shape index (κ1) is 29.0. The van der Waals surface area contributed by atoms with Gasteiger partial charge in [0.2, 0.25) is 0 Å². The SMILES string of the molecule is CCN(Cc1ccccc1-c1nc(C(F)(F)F)c(C(=O)N[C@@H](C)c2cccc(N3CCOCC3)c2)s1)C(C)C. The maximum Gasteiger partial charge on any atom is 0.435 e. The van der Waals surface area contributed by atoms with Crippen molar-refractivity contribution >= 4 is 22.9 Å². The lowest BCUT2D eigenvalue weighted by Gasteiger charge is -2.29. The van der Waals surface area contributed by atoms with E-state index in [0.717, 1.165) is 47.8 Å². The van der Waals surface area contributed by atoms with E-state index in [1.54, 1.807) is 19.1 Å². The van der Waals surface area contributed by atoms with Crippen LogP contribution in [0.4, 0.5) is 18.9 Å². The largest absolute Gasteiger partial charge is 0.435 e. The van der Waals surface area contributed by atoms with Crippen LogP contribution in [-0.2, 0) is 17.5 Å². The molecule has 210 valence electrons. The molecule has 1 aliphatic rings. The van der Waals surface area contributed by atoms with Crippen LogP contribution in [0.2, 0.25) is 0 Å². The molecule has 0 bridgehead atoms. The molecule has 39 heavy (non-hydrogen) atoms. The average molecular weight is 561 g/mol. The Kier molecular flexibility index (Phi) is 9.30. The minimum Gasteiger partial charge on any atom is -0.378 e. The lowest BCUT2D eigenvalue weighted by molar-refractivity contribution is -0.141. The predicted octanol–water partition coefficient (Wildman–Crippen LogP) is 6.39. The molecule has 0 aliphatic carbocycles. The summed E-state index contributed by atoms with van der Waals surface area (Å²) in [5, 5.41) is 2.96. The topological polar surface area (TPSA) is 57.7 Å². The fourth-order valence-electron chi connectivity index (χ4n) is 4.68. The van der Waals surface area contributed by atoms with Crippen molar-refractivity contribution in [2.45, 2.75) is 52.5 Å². The van der Waals surface area contributed by atoms with E-state index in [-0.39, 0.29) is 11.0 Å². The van der Waals surface area contributed by atoms with E-state index in [0.29, 0.717) is 25.3 Å². The highest BCUT2D eigenvalue weighted by atomic mass is 32.1. The Balaban J connectivity index is 1.61. The minimum absolute atomic E-state index is 0.185. The standard InChI is InChI=1S/C29H35F3N4O2S/c1-5-35(19(2)3)18-22-9-6-7-12-24(22)28-34-26(29(30,31)32)25(39-28)27(37)33-20(4)21-10-8-11-23(17-21)36-13-15-38-16-14-36/h6-12,17,19-20H,5,13-16,18H2,1-4H3,(H,33,37)/t20-/m0/s1. The van der Waals surface area contributed by atoms with Gasteiger partial charge >= 0.3 is 6.18 Å². The van der Waals surface area contributed by atoms with Crippen LogP contribution in [0.5, 0.6) is 0 Å². The van der Waals surface area contributed by atoms with E-state index in [4.69, 9.17) is 4.74 Å². The third kappa shape index (κ3) is 6.98. The summed E-state index contributed by atoms with van der Waals surface area (Å²) in [4.78, 5) is 21.2. The molecule has 1 aromatic heterocycles. The van der Waals surface area contributed by atoms with Crippen LogP contribution in [0.3, 0.4) is 0 Å². The molecule has 1 N–H and O–H groups in total. The molecule has 4 rings (SSSR count). The van der Waals surface area contributed by atoms with Crippen molar-refractivity contribution in [2.24, 2.45) is 0 Å². The van der Waals surface area contributed by atoms with Crippen LogP contribution in [0.1, 0.15) is 60.2 Å². The Morgan fingerprint density at radius 2 is 1.85 bits per heavy atom. The molecule has 1 saturated heterocycles. The third-order valence-electron chi connectivity index (χ3n) is 6.95. The number of amides is 1. The van der Waals surface area contributed by atoms with Crippen LogP contribution >= 0.6 is 11.3 Å². The number of carbonyl (C=O) groups excluding carboxylic acids is 1. The van der Waals surface area contributed by atoms with E-state index in [9.17, 15) is 18.0 Å². The van der Waals surface area contributed by atoms with Crippen LogP contribution < -0.4 is 10.2 Å². The number of alkyl halides is 3. The number of ether oxygens (including phenoxy) is 1. The molecule has 1 amide bonds. The maximum atomic E-state index is 14.1.